The highest BCUT2D eigenvalue weighted by atomic mass is 19.3. The number of aromatic nitrogens is 2. The SMILES string of the molecule is CN=C(NCc1nccn1C(F)F)NCC(C)C. The highest BCUT2D eigenvalue weighted by molar-refractivity contribution is 5.79. The lowest BCUT2D eigenvalue weighted by Crippen LogP contribution is -2.39. The van der Waals surface area contributed by atoms with Gasteiger partial charge in [-0.2, -0.15) is 8.78 Å². The fraction of sp³-hybridized carbons (Fsp3) is 0.636. The fourth-order valence-corrected chi connectivity index (χ4v) is 1.34. The molecule has 0 radical (unpaired) electrons. The minimum atomic E-state index is -2.57. The standard InChI is InChI=1S/C11H19F2N5/c1-8(2)6-16-11(14-3)17-7-9-15-4-5-18(9)10(12)13/h4-5,8,10H,6-7H2,1-3H3,(H2,14,16,17). The van der Waals surface area contributed by atoms with E-state index in [1.807, 2.05) is 0 Å². The van der Waals surface area contributed by atoms with Crippen LogP contribution in [0.15, 0.2) is 17.4 Å². The van der Waals surface area contributed by atoms with Crippen molar-refractivity contribution in [1.29, 1.82) is 0 Å². The number of rotatable bonds is 5. The first-order valence-electron chi connectivity index (χ1n) is 5.79. The minimum absolute atomic E-state index is 0.203. The molecular weight excluding hydrogens is 240 g/mol. The first-order chi connectivity index (χ1) is 8.54. The van der Waals surface area contributed by atoms with E-state index in [1.165, 1.54) is 12.4 Å². The van der Waals surface area contributed by atoms with Gasteiger partial charge in [-0.05, 0) is 5.92 Å². The Bertz CT molecular complexity index is 387. The van der Waals surface area contributed by atoms with Gasteiger partial charge in [0.2, 0.25) is 0 Å². The summed E-state index contributed by atoms with van der Waals surface area (Å²) in [6, 6.07) is 0. The molecule has 0 unspecified atom stereocenters. The molecule has 5 nitrogen and oxygen atoms in total. The molecule has 1 heterocycles. The summed E-state index contributed by atoms with van der Waals surface area (Å²) in [6.45, 7) is 2.54. The number of aliphatic imine (C=N–C) groups is 1. The van der Waals surface area contributed by atoms with Gasteiger partial charge in [0.1, 0.15) is 5.82 Å². The van der Waals surface area contributed by atoms with Crippen LogP contribution in [0, 0.1) is 5.92 Å². The maximum absolute atomic E-state index is 12.6. The molecule has 0 atom stereocenters. The molecule has 1 aromatic rings. The smallest absolute Gasteiger partial charge is 0.319 e. The second-order valence-electron chi connectivity index (χ2n) is 4.23. The summed E-state index contributed by atoms with van der Waals surface area (Å²) in [5.74, 6) is 1.33. The first kappa shape index (κ1) is 14.4. The quantitative estimate of drug-likeness (QED) is 0.624. The van der Waals surface area contributed by atoms with E-state index in [2.05, 4.69) is 34.5 Å². The summed E-state index contributed by atoms with van der Waals surface area (Å²) in [4.78, 5) is 7.88. The number of guanidine groups is 1. The van der Waals surface area contributed by atoms with Crippen LogP contribution in [0.3, 0.4) is 0 Å². The molecule has 0 saturated carbocycles. The molecule has 0 spiro atoms. The number of hydrogen-bond acceptors (Lipinski definition) is 2. The van der Waals surface area contributed by atoms with Gasteiger partial charge in [0.25, 0.3) is 0 Å². The second-order valence-corrected chi connectivity index (χ2v) is 4.23. The van der Waals surface area contributed by atoms with Crippen LogP contribution in [0.25, 0.3) is 0 Å². The van der Waals surface area contributed by atoms with Gasteiger partial charge in [-0.3, -0.25) is 9.56 Å². The number of alkyl halides is 2. The zero-order chi connectivity index (χ0) is 13.5. The van der Waals surface area contributed by atoms with Crippen LogP contribution >= 0.6 is 0 Å². The van der Waals surface area contributed by atoms with Crippen molar-refractivity contribution in [2.45, 2.75) is 26.9 Å². The van der Waals surface area contributed by atoms with E-state index in [0.29, 0.717) is 11.9 Å². The molecule has 7 heteroatoms. The van der Waals surface area contributed by atoms with Gasteiger partial charge in [0.05, 0.1) is 6.54 Å². The maximum Gasteiger partial charge on any atom is 0.319 e. The van der Waals surface area contributed by atoms with Gasteiger partial charge >= 0.3 is 6.55 Å². The number of halogens is 2. The minimum Gasteiger partial charge on any atom is -0.356 e. The Morgan fingerprint density at radius 1 is 1.44 bits per heavy atom. The van der Waals surface area contributed by atoms with Crippen molar-refractivity contribution < 1.29 is 8.78 Å². The average Bonchev–Trinajstić information content (AvgIpc) is 2.77. The van der Waals surface area contributed by atoms with Crippen LogP contribution < -0.4 is 10.6 Å². The van der Waals surface area contributed by atoms with E-state index < -0.39 is 6.55 Å². The van der Waals surface area contributed by atoms with E-state index in [9.17, 15) is 8.78 Å². The molecule has 18 heavy (non-hydrogen) atoms. The van der Waals surface area contributed by atoms with Crippen LogP contribution in [-0.2, 0) is 6.54 Å². The number of imidazole rings is 1. The Morgan fingerprint density at radius 3 is 2.72 bits per heavy atom. The molecule has 0 aromatic carbocycles. The number of hydrogen-bond donors (Lipinski definition) is 2. The van der Waals surface area contributed by atoms with Gasteiger partial charge in [-0.1, -0.05) is 13.8 Å². The van der Waals surface area contributed by atoms with Gasteiger partial charge in [-0.15, -0.1) is 0 Å². The topological polar surface area (TPSA) is 54.2 Å². The van der Waals surface area contributed by atoms with Crippen molar-refractivity contribution >= 4 is 5.96 Å². The molecule has 102 valence electrons. The summed E-state index contributed by atoms with van der Waals surface area (Å²) in [7, 11) is 1.63. The second kappa shape index (κ2) is 6.93. The molecule has 0 bridgehead atoms. The largest absolute Gasteiger partial charge is 0.356 e. The lowest BCUT2D eigenvalue weighted by Gasteiger charge is -2.13. The molecule has 0 aliphatic carbocycles. The van der Waals surface area contributed by atoms with E-state index in [-0.39, 0.29) is 12.4 Å². The lowest BCUT2D eigenvalue weighted by molar-refractivity contribution is 0.0668. The third kappa shape index (κ3) is 4.31. The van der Waals surface area contributed by atoms with Crippen LogP contribution in [0.5, 0.6) is 0 Å². The van der Waals surface area contributed by atoms with E-state index in [1.54, 1.807) is 7.05 Å². The van der Waals surface area contributed by atoms with Crippen LogP contribution in [0.1, 0.15) is 26.2 Å². The third-order valence-electron chi connectivity index (χ3n) is 2.27. The predicted octanol–water partition coefficient (Wildman–Crippen LogP) is 1.60. The zero-order valence-corrected chi connectivity index (χ0v) is 10.8. The Kier molecular flexibility index (Phi) is 5.54. The Labute approximate surface area is 105 Å². The highest BCUT2D eigenvalue weighted by Gasteiger charge is 2.11. The Hall–Kier alpha value is -1.66. The molecule has 0 fully saturated rings. The Balaban J connectivity index is 2.50. The normalized spacial score (nSPS) is 12.3. The fourth-order valence-electron chi connectivity index (χ4n) is 1.34. The van der Waals surface area contributed by atoms with E-state index in [0.717, 1.165) is 11.1 Å². The summed E-state index contributed by atoms with van der Waals surface area (Å²) < 4.78 is 26.0. The van der Waals surface area contributed by atoms with Gasteiger partial charge in [-0.25, -0.2) is 4.98 Å². The summed E-state index contributed by atoms with van der Waals surface area (Å²) in [6.07, 6.45) is 2.61. The molecule has 2 N–H and O–H groups in total. The molecule has 1 aromatic heterocycles. The van der Waals surface area contributed by atoms with Crippen molar-refractivity contribution in [2.24, 2.45) is 10.9 Å². The molecule has 0 saturated heterocycles. The van der Waals surface area contributed by atoms with Crippen LogP contribution in [0.2, 0.25) is 0 Å². The third-order valence-corrected chi connectivity index (χ3v) is 2.27. The van der Waals surface area contributed by atoms with Crippen molar-refractivity contribution in [3.63, 3.8) is 0 Å². The average molecular weight is 259 g/mol. The van der Waals surface area contributed by atoms with Crippen LogP contribution in [-0.4, -0.2) is 29.1 Å². The molecule has 0 aliphatic heterocycles. The predicted molar refractivity (Wildman–Crippen MR) is 66.5 cm³/mol. The lowest BCUT2D eigenvalue weighted by atomic mass is 10.2. The van der Waals surface area contributed by atoms with Gasteiger partial charge in [0.15, 0.2) is 5.96 Å². The van der Waals surface area contributed by atoms with E-state index >= 15 is 0 Å². The van der Waals surface area contributed by atoms with E-state index in [4.69, 9.17) is 0 Å². The van der Waals surface area contributed by atoms with Crippen molar-refractivity contribution in [3.05, 3.63) is 18.2 Å². The first-order valence-corrected chi connectivity index (χ1v) is 5.79. The van der Waals surface area contributed by atoms with Gasteiger partial charge in [0, 0.05) is 26.0 Å². The number of nitrogens with one attached hydrogen (secondary N) is 2. The molecule has 0 amide bonds. The van der Waals surface area contributed by atoms with Crippen molar-refractivity contribution in [3.8, 4) is 0 Å². The monoisotopic (exact) mass is 259 g/mol. The summed E-state index contributed by atoms with van der Waals surface area (Å²) in [5.41, 5.74) is 0. The molecule has 0 aliphatic rings. The van der Waals surface area contributed by atoms with Gasteiger partial charge < -0.3 is 10.6 Å². The number of nitrogens with zero attached hydrogens (tertiary/aromatic N) is 3. The highest BCUT2D eigenvalue weighted by Crippen LogP contribution is 2.11. The summed E-state index contributed by atoms with van der Waals surface area (Å²) >= 11 is 0. The van der Waals surface area contributed by atoms with Crippen molar-refractivity contribution in [1.82, 2.24) is 20.2 Å². The maximum atomic E-state index is 12.6. The molecule has 1 rings (SSSR count). The van der Waals surface area contributed by atoms with Crippen LogP contribution in [0.4, 0.5) is 8.78 Å². The Morgan fingerprint density at radius 2 is 2.17 bits per heavy atom. The molecular formula is C11H19F2N5. The summed E-state index contributed by atoms with van der Waals surface area (Å²) in [5, 5.41) is 6.04. The zero-order valence-electron chi connectivity index (χ0n) is 10.8. The van der Waals surface area contributed by atoms with Crippen molar-refractivity contribution in [2.75, 3.05) is 13.6 Å².